The summed E-state index contributed by atoms with van der Waals surface area (Å²) < 4.78 is 48.4. The molecular formula is C19H17BrF3N3O. The molecule has 0 amide bonds. The first-order chi connectivity index (χ1) is 12.8. The Kier molecular flexibility index (Phi) is 5.74. The molecule has 3 rings (SSSR count). The number of hydrogen-bond donors (Lipinski definition) is 1. The first-order valence-corrected chi connectivity index (χ1v) is 9.02. The highest BCUT2D eigenvalue weighted by Crippen LogP contribution is 2.29. The highest BCUT2D eigenvalue weighted by molar-refractivity contribution is 9.10. The van der Waals surface area contributed by atoms with Gasteiger partial charge in [-0.15, -0.1) is 0 Å². The maximum atomic E-state index is 13.7. The van der Waals surface area contributed by atoms with Crippen molar-refractivity contribution in [3.8, 4) is 11.5 Å². The molecule has 0 aliphatic rings. The van der Waals surface area contributed by atoms with Crippen LogP contribution in [0.5, 0.6) is 11.5 Å². The number of rotatable bonds is 6. The van der Waals surface area contributed by atoms with Crippen LogP contribution in [0, 0.1) is 17.5 Å². The topological polar surface area (TPSA) is 39.1 Å². The molecule has 142 valence electrons. The first kappa shape index (κ1) is 19.3. The van der Waals surface area contributed by atoms with Crippen LogP contribution in [0.15, 0.2) is 47.2 Å². The second-order valence-corrected chi connectivity index (χ2v) is 6.97. The molecule has 3 aromatic rings. The minimum Gasteiger partial charge on any atom is -0.457 e. The summed E-state index contributed by atoms with van der Waals surface area (Å²) in [6.07, 6.45) is 1.83. The van der Waals surface area contributed by atoms with Crippen LogP contribution in [0.2, 0.25) is 0 Å². The molecular weight excluding hydrogens is 423 g/mol. The highest BCUT2D eigenvalue weighted by atomic mass is 79.9. The van der Waals surface area contributed by atoms with E-state index in [0.29, 0.717) is 15.9 Å². The number of anilines is 1. The molecule has 0 aliphatic heterocycles. The van der Waals surface area contributed by atoms with Crippen LogP contribution in [-0.4, -0.2) is 9.78 Å². The van der Waals surface area contributed by atoms with E-state index >= 15 is 0 Å². The number of benzene rings is 2. The van der Waals surface area contributed by atoms with Gasteiger partial charge in [0.15, 0.2) is 4.60 Å². The van der Waals surface area contributed by atoms with Crippen molar-refractivity contribution in [3.63, 3.8) is 0 Å². The summed E-state index contributed by atoms with van der Waals surface area (Å²) in [5.41, 5.74) is 1.22. The molecule has 27 heavy (non-hydrogen) atoms. The number of hydrogen-bond acceptors (Lipinski definition) is 3. The Morgan fingerprint density at radius 1 is 1.07 bits per heavy atom. The fourth-order valence-corrected chi connectivity index (χ4v) is 2.87. The van der Waals surface area contributed by atoms with Crippen LogP contribution in [-0.2, 0) is 6.54 Å². The maximum Gasteiger partial charge on any atom is 0.151 e. The summed E-state index contributed by atoms with van der Waals surface area (Å²) in [4.78, 5) is 0. The fourth-order valence-electron chi connectivity index (χ4n) is 2.44. The molecule has 1 heterocycles. The molecule has 0 bridgehead atoms. The van der Waals surface area contributed by atoms with Gasteiger partial charge in [0.2, 0.25) is 0 Å². The third-order valence-corrected chi connectivity index (χ3v) is 4.36. The van der Waals surface area contributed by atoms with Crippen LogP contribution in [0.4, 0.5) is 18.9 Å². The Labute approximate surface area is 163 Å². The van der Waals surface area contributed by atoms with Gasteiger partial charge in [-0.2, -0.15) is 5.10 Å². The van der Waals surface area contributed by atoms with E-state index in [0.717, 1.165) is 23.9 Å². The number of nitrogens with one attached hydrogen (secondary N) is 1. The van der Waals surface area contributed by atoms with E-state index in [9.17, 15) is 13.2 Å². The lowest BCUT2D eigenvalue weighted by Crippen LogP contribution is -2.03. The van der Waals surface area contributed by atoms with E-state index in [1.54, 1.807) is 4.68 Å². The largest absolute Gasteiger partial charge is 0.457 e. The Balaban J connectivity index is 1.82. The second-order valence-electron chi connectivity index (χ2n) is 6.22. The summed E-state index contributed by atoms with van der Waals surface area (Å²) in [5, 5.41) is 7.49. The highest BCUT2D eigenvalue weighted by Gasteiger charge is 2.12. The summed E-state index contributed by atoms with van der Waals surface area (Å²) >= 11 is 3.38. The zero-order valence-electron chi connectivity index (χ0n) is 14.6. The van der Waals surface area contributed by atoms with Gasteiger partial charge in [0.1, 0.15) is 29.0 Å². The van der Waals surface area contributed by atoms with Crippen molar-refractivity contribution in [3.05, 3.63) is 70.2 Å². The lowest BCUT2D eigenvalue weighted by atomic mass is 10.2. The van der Waals surface area contributed by atoms with Crippen molar-refractivity contribution in [2.75, 3.05) is 5.32 Å². The Bertz CT molecular complexity index is 939. The zero-order chi connectivity index (χ0) is 19.6. The predicted octanol–water partition coefficient (Wildman–Crippen LogP) is 6.05. The molecule has 0 aliphatic carbocycles. The number of nitrogens with zero attached hydrogens (tertiary/aromatic N) is 2. The van der Waals surface area contributed by atoms with Gasteiger partial charge in [-0.05, 0) is 48.0 Å². The fraction of sp³-hybridized carbons (Fsp3) is 0.211. The standard InChI is InChI=1S/C19H17BrF3N3O/c1-11(2)26-10-17(19(20)25-26)24-9-12-5-13(21)3-4-18(12)27-16-7-14(22)6-15(23)8-16/h3-8,10-11,24H,9H2,1-2H3. The van der Waals surface area contributed by atoms with Crippen molar-refractivity contribution < 1.29 is 17.9 Å². The SMILES string of the molecule is CC(C)n1cc(NCc2cc(F)ccc2Oc2cc(F)cc(F)c2)c(Br)n1. The summed E-state index contributed by atoms with van der Waals surface area (Å²) in [6.45, 7) is 4.23. The number of halogens is 4. The average molecular weight is 440 g/mol. The van der Waals surface area contributed by atoms with Crippen molar-refractivity contribution in [1.29, 1.82) is 0 Å². The molecule has 0 spiro atoms. The molecule has 1 N–H and O–H groups in total. The van der Waals surface area contributed by atoms with Gasteiger partial charge in [-0.3, -0.25) is 4.68 Å². The van der Waals surface area contributed by atoms with Crippen LogP contribution < -0.4 is 10.1 Å². The molecule has 8 heteroatoms. The van der Waals surface area contributed by atoms with Gasteiger partial charge in [-0.25, -0.2) is 13.2 Å². The van der Waals surface area contributed by atoms with Gasteiger partial charge in [-0.1, -0.05) is 0 Å². The molecule has 0 unspecified atom stereocenters. The quantitative estimate of drug-likeness (QED) is 0.508. The smallest absolute Gasteiger partial charge is 0.151 e. The van der Waals surface area contributed by atoms with Crippen LogP contribution in [0.3, 0.4) is 0 Å². The summed E-state index contributed by atoms with van der Waals surface area (Å²) in [7, 11) is 0. The minimum atomic E-state index is -0.753. The number of ether oxygens (including phenoxy) is 1. The third-order valence-electron chi connectivity index (χ3n) is 3.77. The Morgan fingerprint density at radius 2 is 1.78 bits per heavy atom. The Morgan fingerprint density at radius 3 is 2.41 bits per heavy atom. The van der Waals surface area contributed by atoms with Gasteiger partial charge < -0.3 is 10.1 Å². The monoisotopic (exact) mass is 439 g/mol. The van der Waals surface area contributed by atoms with Crippen molar-refractivity contribution >= 4 is 21.6 Å². The van der Waals surface area contributed by atoms with Gasteiger partial charge in [0.25, 0.3) is 0 Å². The predicted molar refractivity (Wildman–Crippen MR) is 100 cm³/mol. The first-order valence-electron chi connectivity index (χ1n) is 8.22. The molecule has 0 radical (unpaired) electrons. The van der Waals surface area contributed by atoms with E-state index in [2.05, 4.69) is 26.3 Å². The van der Waals surface area contributed by atoms with Gasteiger partial charge >= 0.3 is 0 Å². The summed E-state index contributed by atoms with van der Waals surface area (Å²) in [6, 6.07) is 7.01. The number of aromatic nitrogens is 2. The van der Waals surface area contributed by atoms with Crippen molar-refractivity contribution in [2.24, 2.45) is 0 Å². The van der Waals surface area contributed by atoms with E-state index in [-0.39, 0.29) is 18.3 Å². The minimum absolute atomic E-state index is 0.00540. The molecule has 1 aromatic heterocycles. The van der Waals surface area contributed by atoms with E-state index in [1.807, 2.05) is 20.0 Å². The third kappa shape index (κ3) is 4.82. The normalized spacial score (nSPS) is 11.1. The van der Waals surface area contributed by atoms with Crippen molar-refractivity contribution in [2.45, 2.75) is 26.4 Å². The molecule has 0 fully saturated rings. The van der Waals surface area contributed by atoms with Crippen LogP contribution >= 0.6 is 15.9 Å². The maximum absolute atomic E-state index is 13.7. The lowest BCUT2D eigenvalue weighted by molar-refractivity contribution is 0.461. The van der Waals surface area contributed by atoms with Crippen molar-refractivity contribution in [1.82, 2.24) is 9.78 Å². The molecule has 4 nitrogen and oxygen atoms in total. The van der Waals surface area contributed by atoms with E-state index in [4.69, 9.17) is 4.74 Å². The zero-order valence-corrected chi connectivity index (χ0v) is 16.2. The molecule has 0 saturated carbocycles. The molecule has 2 aromatic carbocycles. The van der Waals surface area contributed by atoms with Crippen LogP contribution in [0.25, 0.3) is 0 Å². The summed E-state index contributed by atoms with van der Waals surface area (Å²) in [5.74, 6) is -1.66. The lowest BCUT2D eigenvalue weighted by Gasteiger charge is -2.13. The second kappa shape index (κ2) is 8.04. The van der Waals surface area contributed by atoms with E-state index < -0.39 is 17.5 Å². The average Bonchev–Trinajstić information content (AvgIpc) is 2.95. The molecule has 0 saturated heterocycles. The van der Waals surface area contributed by atoms with Gasteiger partial charge in [0, 0.05) is 42.5 Å². The van der Waals surface area contributed by atoms with Crippen LogP contribution in [0.1, 0.15) is 25.5 Å². The van der Waals surface area contributed by atoms with Gasteiger partial charge in [0.05, 0.1) is 5.69 Å². The van der Waals surface area contributed by atoms with E-state index in [1.165, 1.54) is 18.2 Å². The molecule has 0 atom stereocenters. The Hall–Kier alpha value is -2.48.